The van der Waals surface area contributed by atoms with E-state index in [2.05, 4.69) is 0 Å². The third-order valence-electron chi connectivity index (χ3n) is 2.12. The van der Waals surface area contributed by atoms with Crippen molar-refractivity contribution in [1.82, 2.24) is 0 Å². The van der Waals surface area contributed by atoms with Gasteiger partial charge < -0.3 is 4.74 Å². The van der Waals surface area contributed by atoms with Crippen molar-refractivity contribution >= 4 is 17.4 Å². The molecule has 82 valence electrons. The zero-order valence-electron chi connectivity index (χ0n) is 9.00. The van der Waals surface area contributed by atoms with Crippen molar-refractivity contribution in [3.05, 3.63) is 29.8 Å². The van der Waals surface area contributed by atoms with Crippen molar-refractivity contribution in [3.63, 3.8) is 0 Å². The smallest absolute Gasteiger partial charge is 0.155 e. The van der Waals surface area contributed by atoms with Crippen LogP contribution in [0, 0.1) is 0 Å². The Labute approximate surface area is 95.2 Å². The van der Waals surface area contributed by atoms with E-state index in [1.165, 1.54) is 0 Å². The standard InChI is InChI=1S/C12H15ClO2/c1-3-10(14)12(13)9-7-5-6-8-11(9)15-4-2/h5-8,12H,3-4H2,1-2H3. The molecule has 0 heterocycles. The van der Waals surface area contributed by atoms with Crippen LogP contribution in [-0.2, 0) is 4.79 Å². The first kappa shape index (κ1) is 12.1. The van der Waals surface area contributed by atoms with Gasteiger partial charge in [-0.05, 0) is 13.0 Å². The molecular weight excluding hydrogens is 212 g/mol. The highest BCUT2D eigenvalue weighted by atomic mass is 35.5. The lowest BCUT2D eigenvalue weighted by Gasteiger charge is -2.13. The maximum absolute atomic E-state index is 11.5. The normalized spacial score (nSPS) is 12.2. The quantitative estimate of drug-likeness (QED) is 0.720. The number of halogens is 1. The van der Waals surface area contributed by atoms with Crippen LogP contribution in [0.3, 0.4) is 0 Å². The first-order valence-corrected chi connectivity index (χ1v) is 5.52. The molecule has 1 unspecified atom stereocenters. The number of hydrogen-bond donors (Lipinski definition) is 0. The molecular formula is C12H15ClO2. The molecule has 0 amide bonds. The molecule has 0 spiro atoms. The molecule has 1 aromatic rings. The Kier molecular flexibility index (Phi) is 4.63. The van der Waals surface area contributed by atoms with Gasteiger partial charge in [0.05, 0.1) is 6.61 Å². The second-order valence-electron chi connectivity index (χ2n) is 3.15. The van der Waals surface area contributed by atoms with Crippen molar-refractivity contribution in [2.75, 3.05) is 6.61 Å². The molecule has 0 N–H and O–H groups in total. The highest BCUT2D eigenvalue weighted by Crippen LogP contribution is 2.30. The van der Waals surface area contributed by atoms with Gasteiger partial charge in [-0.2, -0.15) is 0 Å². The maximum atomic E-state index is 11.5. The number of carbonyl (C=O) groups is 1. The average Bonchev–Trinajstić information content (AvgIpc) is 2.28. The molecule has 0 aliphatic carbocycles. The van der Waals surface area contributed by atoms with Crippen LogP contribution in [0.2, 0.25) is 0 Å². The van der Waals surface area contributed by atoms with Crippen LogP contribution in [0.5, 0.6) is 5.75 Å². The largest absolute Gasteiger partial charge is 0.494 e. The predicted molar refractivity (Wildman–Crippen MR) is 61.5 cm³/mol. The lowest BCUT2D eigenvalue weighted by molar-refractivity contribution is -0.118. The number of alkyl halides is 1. The van der Waals surface area contributed by atoms with Crippen LogP contribution >= 0.6 is 11.6 Å². The number of benzene rings is 1. The molecule has 0 aliphatic rings. The minimum atomic E-state index is -0.599. The molecule has 1 atom stereocenters. The van der Waals surface area contributed by atoms with E-state index in [0.29, 0.717) is 18.8 Å². The molecule has 1 aromatic carbocycles. The number of para-hydroxylation sites is 1. The fourth-order valence-electron chi connectivity index (χ4n) is 1.33. The van der Waals surface area contributed by atoms with Gasteiger partial charge in [0.25, 0.3) is 0 Å². The summed E-state index contributed by atoms with van der Waals surface area (Å²) in [5, 5.41) is -0.599. The van der Waals surface area contributed by atoms with Crippen LogP contribution in [0.25, 0.3) is 0 Å². The van der Waals surface area contributed by atoms with Gasteiger partial charge in [-0.3, -0.25) is 4.79 Å². The Morgan fingerprint density at radius 1 is 1.40 bits per heavy atom. The van der Waals surface area contributed by atoms with Crippen LogP contribution in [0.1, 0.15) is 31.2 Å². The van der Waals surface area contributed by atoms with E-state index < -0.39 is 5.38 Å². The van der Waals surface area contributed by atoms with Crippen molar-refractivity contribution in [2.24, 2.45) is 0 Å². The van der Waals surface area contributed by atoms with Gasteiger partial charge in [0, 0.05) is 12.0 Å². The molecule has 1 rings (SSSR count). The number of Topliss-reactive ketones (excluding diaryl/α,β-unsaturated/α-hetero) is 1. The Morgan fingerprint density at radius 2 is 2.07 bits per heavy atom. The summed E-state index contributed by atoms with van der Waals surface area (Å²) in [7, 11) is 0. The SMILES string of the molecule is CCOc1ccccc1C(Cl)C(=O)CC. The van der Waals surface area contributed by atoms with Crippen molar-refractivity contribution in [1.29, 1.82) is 0 Å². The summed E-state index contributed by atoms with van der Waals surface area (Å²) in [5.74, 6) is 0.714. The summed E-state index contributed by atoms with van der Waals surface area (Å²) in [6.45, 7) is 4.28. The first-order valence-electron chi connectivity index (χ1n) is 5.09. The van der Waals surface area contributed by atoms with Crippen LogP contribution < -0.4 is 4.74 Å². The van der Waals surface area contributed by atoms with Crippen molar-refractivity contribution in [2.45, 2.75) is 25.6 Å². The van der Waals surface area contributed by atoms with Gasteiger partial charge in [0.1, 0.15) is 11.1 Å². The summed E-state index contributed by atoms with van der Waals surface area (Å²) in [6, 6.07) is 7.39. The molecule has 0 aliphatic heterocycles. The lowest BCUT2D eigenvalue weighted by Crippen LogP contribution is -2.07. The van der Waals surface area contributed by atoms with Crippen molar-refractivity contribution < 1.29 is 9.53 Å². The monoisotopic (exact) mass is 226 g/mol. The van der Waals surface area contributed by atoms with Gasteiger partial charge >= 0.3 is 0 Å². The van der Waals surface area contributed by atoms with Crippen LogP contribution in [-0.4, -0.2) is 12.4 Å². The summed E-state index contributed by atoms with van der Waals surface area (Å²) in [4.78, 5) is 11.5. The Morgan fingerprint density at radius 3 is 2.67 bits per heavy atom. The number of carbonyl (C=O) groups excluding carboxylic acids is 1. The predicted octanol–water partition coefficient (Wildman–Crippen LogP) is 3.34. The highest BCUT2D eigenvalue weighted by Gasteiger charge is 2.19. The van der Waals surface area contributed by atoms with E-state index in [4.69, 9.17) is 16.3 Å². The summed E-state index contributed by atoms with van der Waals surface area (Å²) in [6.07, 6.45) is 0.439. The summed E-state index contributed by atoms with van der Waals surface area (Å²) < 4.78 is 5.42. The zero-order chi connectivity index (χ0) is 11.3. The zero-order valence-corrected chi connectivity index (χ0v) is 9.75. The number of ether oxygens (including phenoxy) is 1. The van der Waals surface area contributed by atoms with E-state index in [0.717, 1.165) is 5.56 Å². The second-order valence-corrected chi connectivity index (χ2v) is 3.59. The summed E-state index contributed by atoms with van der Waals surface area (Å²) >= 11 is 6.07. The Bertz CT molecular complexity index is 336. The van der Waals surface area contributed by atoms with E-state index in [1.54, 1.807) is 6.92 Å². The maximum Gasteiger partial charge on any atom is 0.155 e. The fourth-order valence-corrected chi connectivity index (χ4v) is 1.66. The van der Waals surface area contributed by atoms with Crippen LogP contribution in [0.15, 0.2) is 24.3 Å². The molecule has 0 fully saturated rings. The first-order chi connectivity index (χ1) is 7.20. The molecule has 0 aromatic heterocycles. The number of rotatable bonds is 5. The number of hydrogen-bond acceptors (Lipinski definition) is 2. The molecule has 0 saturated heterocycles. The van der Waals surface area contributed by atoms with Gasteiger partial charge in [0.2, 0.25) is 0 Å². The highest BCUT2D eigenvalue weighted by molar-refractivity contribution is 6.31. The van der Waals surface area contributed by atoms with E-state index in [-0.39, 0.29) is 5.78 Å². The molecule has 0 bridgehead atoms. The molecule has 0 radical (unpaired) electrons. The number of ketones is 1. The van der Waals surface area contributed by atoms with Gasteiger partial charge in [-0.15, -0.1) is 11.6 Å². The molecule has 15 heavy (non-hydrogen) atoms. The molecule has 3 heteroatoms. The van der Waals surface area contributed by atoms with E-state index in [1.807, 2.05) is 31.2 Å². The second kappa shape index (κ2) is 5.76. The van der Waals surface area contributed by atoms with Crippen LogP contribution in [0.4, 0.5) is 0 Å². The average molecular weight is 227 g/mol. The van der Waals surface area contributed by atoms with Gasteiger partial charge in [0.15, 0.2) is 5.78 Å². The molecule has 0 saturated carbocycles. The van der Waals surface area contributed by atoms with E-state index in [9.17, 15) is 4.79 Å². The fraction of sp³-hybridized carbons (Fsp3) is 0.417. The topological polar surface area (TPSA) is 26.3 Å². The third kappa shape index (κ3) is 2.96. The minimum Gasteiger partial charge on any atom is -0.494 e. The van der Waals surface area contributed by atoms with Gasteiger partial charge in [-0.25, -0.2) is 0 Å². The Balaban J connectivity index is 2.96. The van der Waals surface area contributed by atoms with Crippen molar-refractivity contribution in [3.8, 4) is 5.75 Å². The van der Waals surface area contributed by atoms with Gasteiger partial charge in [-0.1, -0.05) is 25.1 Å². The minimum absolute atomic E-state index is 0.0174. The van der Waals surface area contributed by atoms with E-state index >= 15 is 0 Å². The summed E-state index contributed by atoms with van der Waals surface area (Å²) in [5.41, 5.74) is 0.757. The Hall–Kier alpha value is -1.02. The lowest BCUT2D eigenvalue weighted by atomic mass is 10.1. The molecule has 2 nitrogen and oxygen atoms in total. The third-order valence-corrected chi connectivity index (χ3v) is 2.60.